The third-order valence-electron chi connectivity index (χ3n) is 6.41. The monoisotopic (exact) mass is 485 g/mol. The van der Waals surface area contributed by atoms with Gasteiger partial charge >= 0.3 is 5.97 Å². The number of nitrogens with zero attached hydrogens (tertiary/aromatic N) is 1. The molecule has 8 heteroatoms. The standard InChI is InChI=1S/C28H23NO7/c1-35-21-9-4-17(5-10-21)25-24(26(32)19-6-11-22-18(15-19)12-13-36-22)27(33)28(34)29(25)20-7-2-16(3-8-20)14-23(30)31/h2-11,15,25,32H,12-14H2,1H3,(H,30,31)/b26-24-. The maximum atomic E-state index is 13.3. The van der Waals surface area contributed by atoms with Crippen LogP contribution in [-0.4, -0.2) is 41.6 Å². The number of carboxylic acid groups (broad SMARTS) is 1. The Morgan fingerprint density at radius 2 is 1.75 bits per heavy atom. The normalized spacial score (nSPS) is 18.1. The molecule has 0 saturated carbocycles. The molecular formula is C28H23NO7. The first kappa shape index (κ1) is 23.2. The summed E-state index contributed by atoms with van der Waals surface area (Å²) in [5, 5.41) is 20.4. The summed E-state index contributed by atoms with van der Waals surface area (Å²) in [7, 11) is 1.54. The Morgan fingerprint density at radius 1 is 1.03 bits per heavy atom. The van der Waals surface area contributed by atoms with Crippen LogP contribution in [0.2, 0.25) is 0 Å². The number of carboxylic acids is 1. The van der Waals surface area contributed by atoms with Crippen molar-refractivity contribution in [2.45, 2.75) is 18.9 Å². The molecule has 0 bridgehead atoms. The molecule has 1 amide bonds. The fourth-order valence-electron chi connectivity index (χ4n) is 4.64. The summed E-state index contributed by atoms with van der Waals surface area (Å²) in [5.74, 6) is -1.49. The van der Waals surface area contributed by atoms with Gasteiger partial charge in [0.05, 0.1) is 31.8 Å². The number of ketones is 1. The van der Waals surface area contributed by atoms with Crippen molar-refractivity contribution in [3.8, 4) is 11.5 Å². The fourth-order valence-corrected chi connectivity index (χ4v) is 4.64. The number of Topliss-reactive ketones (excluding diaryl/α,β-unsaturated/α-hetero) is 1. The highest BCUT2D eigenvalue weighted by Gasteiger charge is 2.47. The number of amides is 1. The third kappa shape index (κ3) is 4.07. The van der Waals surface area contributed by atoms with Crippen molar-refractivity contribution >= 4 is 29.1 Å². The Labute approximate surface area is 207 Å². The van der Waals surface area contributed by atoms with Gasteiger partial charge in [0.1, 0.15) is 17.3 Å². The molecular weight excluding hydrogens is 462 g/mol. The predicted molar refractivity (Wildman–Crippen MR) is 131 cm³/mol. The Bertz CT molecular complexity index is 1390. The van der Waals surface area contributed by atoms with Gasteiger partial charge in [-0.3, -0.25) is 19.3 Å². The molecule has 2 aliphatic heterocycles. The van der Waals surface area contributed by atoms with Crippen LogP contribution in [0.4, 0.5) is 5.69 Å². The van der Waals surface area contributed by atoms with Crippen LogP contribution >= 0.6 is 0 Å². The number of ether oxygens (including phenoxy) is 2. The Kier molecular flexibility index (Phi) is 5.93. The third-order valence-corrected chi connectivity index (χ3v) is 6.41. The molecule has 1 atom stereocenters. The zero-order valence-corrected chi connectivity index (χ0v) is 19.4. The van der Waals surface area contributed by atoms with E-state index in [1.165, 1.54) is 12.0 Å². The highest BCUT2D eigenvalue weighted by Crippen LogP contribution is 2.43. The van der Waals surface area contributed by atoms with E-state index in [1.54, 1.807) is 66.7 Å². The smallest absolute Gasteiger partial charge is 0.307 e. The fraction of sp³-hybridized carbons (Fsp3) is 0.179. The number of carbonyl (C=O) groups excluding carboxylic acids is 2. The van der Waals surface area contributed by atoms with Crippen molar-refractivity contribution in [1.82, 2.24) is 0 Å². The van der Waals surface area contributed by atoms with Gasteiger partial charge in [-0.1, -0.05) is 24.3 Å². The average Bonchev–Trinajstić information content (AvgIpc) is 3.46. The molecule has 5 rings (SSSR count). The summed E-state index contributed by atoms with van der Waals surface area (Å²) >= 11 is 0. The minimum Gasteiger partial charge on any atom is -0.507 e. The second-order valence-corrected chi connectivity index (χ2v) is 8.60. The van der Waals surface area contributed by atoms with E-state index in [0.717, 1.165) is 11.3 Å². The van der Waals surface area contributed by atoms with E-state index in [0.29, 0.717) is 41.2 Å². The number of hydrogen-bond acceptors (Lipinski definition) is 6. The number of anilines is 1. The van der Waals surface area contributed by atoms with Crippen LogP contribution in [0.1, 0.15) is 28.3 Å². The molecule has 3 aromatic rings. The van der Waals surface area contributed by atoms with Crippen LogP contribution in [-0.2, 0) is 27.2 Å². The summed E-state index contributed by atoms with van der Waals surface area (Å²) in [4.78, 5) is 39.0. The van der Waals surface area contributed by atoms with Gasteiger partial charge in [-0.15, -0.1) is 0 Å². The summed E-state index contributed by atoms with van der Waals surface area (Å²) in [6.45, 7) is 0.549. The first-order chi connectivity index (χ1) is 17.4. The average molecular weight is 485 g/mol. The molecule has 2 aliphatic rings. The molecule has 8 nitrogen and oxygen atoms in total. The van der Waals surface area contributed by atoms with Gasteiger partial charge in [0, 0.05) is 17.7 Å². The zero-order chi connectivity index (χ0) is 25.4. The van der Waals surface area contributed by atoms with Gasteiger partial charge in [-0.25, -0.2) is 0 Å². The lowest BCUT2D eigenvalue weighted by Gasteiger charge is -2.25. The number of benzene rings is 3. The van der Waals surface area contributed by atoms with Crippen LogP contribution in [0.5, 0.6) is 11.5 Å². The van der Waals surface area contributed by atoms with Crippen LogP contribution in [0.3, 0.4) is 0 Å². The lowest BCUT2D eigenvalue weighted by Crippen LogP contribution is -2.29. The molecule has 0 aliphatic carbocycles. The highest BCUT2D eigenvalue weighted by molar-refractivity contribution is 6.51. The van der Waals surface area contributed by atoms with Crippen LogP contribution in [0.25, 0.3) is 5.76 Å². The molecule has 182 valence electrons. The lowest BCUT2D eigenvalue weighted by atomic mass is 9.94. The SMILES string of the molecule is COc1ccc(C2/C(=C(/O)c3ccc4c(c3)CCO4)C(=O)C(=O)N2c2ccc(CC(=O)O)cc2)cc1. The Morgan fingerprint density at radius 3 is 2.42 bits per heavy atom. The van der Waals surface area contributed by atoms with E-state index in [9.17, 15) is 19.5 Å². The minimum atomic E-state index is -0.971. The van der Waals surface area contributed by atoms with Crippen LogP contribution in [0, 0.1) is 0 Å². The number of methoxy groups -OCH3 is 1. The first-order valence-corrected chi connectivity index (χ1v) is 11.4. The topological polar surface area (TPSA) is 113 Å². The largest absolute Gasteiger partial charge is 0.507 e. The molecule has 2 heterocycles. The number of fused-ring (bicyclic) bond motifs is 1. The van der Waals surface area contributed by atoms with E-state index >= 15 is 0 Å². The lowest BCUT2D eigenvalue weighted by molar-refractivity contribution is -0.136. The number of aliphatic carboxylic acids is 1. The molecule has 0 radical (unpaired) electrons. The summed E-state index contributed by atoms with van der Waals surface area (Å²) in [6.07, 6.45) is 0.526. The maximum absolute atomic E-state index is 13.3. The number of carbonyl (C=O) groups is 3. The number of aliphatic hydroxyl groups excluding tert-OH is 1. The van der Waals surface area contributed by atoms with E-state index in [4.69, 9.17) is 14.6 Å². The zero-order valence-electron chi connectivity index (χ0n) is 19.4. The van der Waals surface area contributed by atoms with Crippen molar-refractivity contribution < 1.29 is 34.1 Å². The molecule has 1 saturated heterocycles. The van der Waals surface area contributed by atoms with Crippen molar-refractivity contribution in [2.75, 3.05) is 18.6 Å². The first-order valence-electron chi connectivity index (χ1n) is 11.4. The highest BCUT2D eigenvalue weighted by atomic mass is 16.5. The van der Waals surface area contributed by atoms with Crippen LogP contribution in [0.15, 0.2) is 72.3 Å². The van der Waals surface area contributed by atoms with Crippen LogP contribution < -0.4 is 14.4 Å². The van der Waals surface area contributed by atoms with Crippen molar-refractivity contribution in [2.24, 2.45) is 0 Å². The molecule has 3 aromatic carbocycles. The second-order valence-electron chi connectivity index (χ2n) is 8.60. The van der Waals surface area contributed by atoms with E-state index in [2.05, 4.69) is 0 Å². The number of aliphatic hydroxyl groups is 1. The van der Waals surface area contributed by atoms with Gasteiger partial charge in [-0.05, 0) is 59.2 Å². The van der Waals surface area contributed by atoms with Crippen molar-refractivity contribution in [1.29, 1.82) is 0 Å². The van der Waals surface area contributed by atoms with Gasteiger partial charge in [0.15, 0.2) is 0 Å². The van der Waals surface area contributed by atoms with Gasteiger partial charge in [0.2, 0.25) is 0 Å². The van der Waals surface area contributed by atoms with Gasteiger partial charge < -0.3 is 19.7 Å². The minimum absolute atomic E-state index is 0.0290. The summed E-state index contributed by atoms with van der Waals surface area (Å²) < 4.78 is 10.8. The molecule has 0 spiro atoms. The Hall–Kier alpha value is -4.59. The van der Waals surface area contributed by atoms with Gasteiger partial charge in [0.25, 0.3) is 11.7 Å². The summed E-state index contributed by atoms with van der Waals surface area (Å²) in [6, 6.07) is 17.6. The Balaban J connectivity index is 1.64. The molecule has 1 unspecified atom stereocenters. The number of rotatable bonds is 6. The number of hydrogen-bond donors (Lipinski definition) is 2. The van der Waals surface area contributed by atoms with Crippen molar-refractivity contribution in [3.05, 3.63) is 94.6 Å². The second kappa shape index (κ2) is 9.22. The van der Waals surface area contributed by atoms with E-state index in [1.807, 2.05) is 0 Å². The summed E-state index contributed by atoms with van der Waals surface area (Å²) in [5.41, 5.74) is 2.89. The molecule has 36 heavy (non-hydrogen) atoms. The van der Waals surface area contributed by atoms with Crippen molar-refractivity contribution in [3.63, 3.8) is 0 Å². The maximum Gasteiger partial charge on any atom is 0.307 e. The molecule has 0 aromatic heterocycles. The van der Waals surface area contributed by atoms with E-state index in [-0.39, 0.29) is 17.8 Å². The molecule has 1 fully saturated rings. The van der Waals surface area contributed by atoms with E-state index < -0.39 is 23.7 Å². The van der Waals surface area contributed by atoms with Gasteiger partial charge in [-0.2, -0.15) is 0 Å². The molecule has 2 N–H and O–H groups in total. The quantitative estimate of drug-likeness (QED) is 0.309. The predicted octanol–water partition coefficient (Wildman–Crippen LogP) is 3.88.